The minimum absolute atomic E-state index is 0.584. The van der Waals surface area contributed by atoms with E-state index in [4.69, 9.17) is 28.9 Å². The molecule has 0 aliphatic heterocycles. The van der Waals surface area contributed by atoms with Crippen LogP contribution in [0.2, 0.25) is 10.0 Å². The van der Waals surface area contributed by atoms with Gasteiger partial charge in [0, 0.05) is 16.3 Å². The van der Waals surface area contributed by atoms with Crippen LogP contribution in [0.15, 0.2) is 41.3 Å². The molecule has 0 aliphatic carbocycles. The van der Waals surface area contributed by atoms with Gasteiger partial charge in [0.25, 0.3) is 0 Å². The number of anilines is 1. The predicted molar refractivity (Wildman–Crippen MR) is 81.6 cm³/mol. The Balaban J connectivity index is 2.11. The molecule has 2 aromatic carbocycles. The predicted octanol–water partition coefficient (Wildman–Crippen LogP) is 5.18. The number of hydrogen-bond donors (Lipinski definition) is 1. The molecule has 2 N–H and O–H groups in total. The fourth-order valence-corrected chi connectivity index (χ4v) is 2.88. The summed E-state index contributed by atoms with van der Waals surface area (Å²) in [5, 5.41) is 1.17. The highest BCUT2D eigenvalue weighted by molar-refractivity contribution is 7.98. The number of halogens is 2. The molecule has 4 heteroatoms. The van der Waals surface area contributed by atoms with Crippen molar-refractivity contribution in [2.75, 3.05) is 5.73 Å². The first-order chi connectivity index (χ1) is 8.58. The molecular weight excluding hydrogens is 285 g/mol. The third kappa shape index (κ3) is 3.14. The molecule has 0 radical (unpaired) electrons. The van der Waals surface area contributed by atoms with Crippen molar-refractivity contribution >= 4 is 40.7 Å². The molecule has 1 nitrogen and oxygen atoms in total. The molecule has 0 atom stereocenters. The normalized spacial score (nSPS) is 10.6. The first kappa shape index (κ1) is 13.6. The van der Waals surface area contributed by atoms with E-state index in [0.717, 1.165) is 27.5 Å². The Bertz CT molecular complexity index is 570. The van der Waals surface area contributed by atoms with E-state index in [0.29, 0.717) is 10.0 Å². The van der Waals surface area contributed by atoms with Gasteiger partial charge in [0.1, 0.15) is 0 Å². The molecule has 0 bridgehead atoms. The average molecular weight is 298 g/mol. The highest BCUT2D eigenvalue weighted by Crippen LogP contribution is 2.31. The second kappa shape index (κ2) is 5.87. The van der Waals surface area contributed by atoms with E-state index in [-0.39, 0.29) is 0 Å². The molecule has 18 heavy (non-hydrogen) atoms. The van der Waals surface area contributed by atoms with Gasteiger partial charge in [-0.25, -0.2) is 0 Å². The highest BCUT2D eigenvalue weighted by atomic mass is 35.5. The van der Waals surface area contributed by atoms with Crippen LogP contribution < -0.4 is 5.73 Å². The summed E-state index contributed by atoms with van der Waals surface area (Å²) < 4.78 is 0. The van der Waals surface area contributed by atoms with Gasteiger partial charge in [-0.2, -0.15) is 0 Å². The largest absolute Gasteiger partial charge is 0.398 e. The number of aryl methyl sites for hydroxylation is 1. The number of para-hydroxylation sites is 1. The van der Waals surface area contributed by atoms with E-state index in [1.165, 1.54) is 0 Å². The van der Waals surface area contributed by atoms with E-state index in [1.807, 2.05) is 43.3 Å². The van der Waals surface area contributed by atoms with Crippen molar-refractivity contribution in [3.8, 4) is 0 Å². The van der Waals surface area contributed by atoms with Gasteiger partial charge < -0.3 is 5.73 Å². The monoisotopic (exact) mass is 297 g/mol. The number of benzene rings is 2. The first-order valence-electron chi connectivity index (χ1n) is 5.50. The molecule has 0 saturated carbocycles. The molecule has 0 amide bonds. The van der Waals surface area contributed by atoms with Gasteiger partial charge in [-0.15, -0.1) is 11.8 Å². The smallest absolute Gasteiger partial charge is 0.0595 e. The van der Waals surface area contributed by atoms with E-state index >= 15 is 0 Å². The Kier molecular flexibility index (Phi) is 4.44. The number of hydrogen-bond acceptors (Lipinski definition) is 2. The molecule has 0 heterocycles. The van der Waals surface area contributed by atoms with Crippen LogP contribution in [0.5, 0.6) is 0 Å². The Labute approximate surface area is 121 Å². The van der Waals surface area contributed by atoms with Crippen molar-refractivity contribution in [1.82, 2.24) is 0 Å². The van der Waals surface area contributed by atoms with Crippen LogP contribution in [0.4, 0.5) is 5.69 Å². The summed E-state index contributed by atoms with van der Waals surface area (Å²) in [5.41, 5.74) is 9.12. The summed E-state index contributed by atoms with van der Waals surface area (Å²) in [6.07, 6.45) is 0. The standard InChI is InChI=1S/C14H13Cl2NS/c1-9-3-2-4-13(14(9)17)18-8-10-5-6-11(15)12(16)7-10/h2-7H,8,17H2,1H3. The highest BCUT2D eigenvalue weighted by Gasteiger charge is 2.04. The lowest BCUT2D eigenvalue weighted by Gasteiger charge is -2.08. The molecule has 0 fully saturated rings. The van der Waals surface area contributed by atoms with Crippen LogP contribution in [-0.2, 0) is 5.75 Å². The summed E-state index contributed by atoms with van der Waals surface area (Å²) in [4.78, 5) is 1.10. The van der Waals surface area contributed by atoms with E-state index in [2.05, 4.69) is 0 Å². The quantitative estimate of drug-likeness (QED) is 0.624. The van der Waals surface area contributed by atoms with Crippen molar-refractivity contribution in [2.24, 2.45) is 0 Å². The third-order valence-electron chi connectivity index (χ3n) is 2.66. The first-order valence-corrected chi connectivity index (χ1v) is 7.24. The van der Waals surface area contributed by atoms with E-state index in [9.17, 15) is 0 Å². The Morgan fingerprint density at radius 2 is 1.89 bits per heavy atom. The van der Waals surface area contributed by atoms with Crippen molar-refractivity contribution in [3.05, 3.63) is 57.6 Å². The molecule has 0 aliphatic rings. The van der Waals surface area contributed by atoms with Crippen molar-refractivity contribution in [2.45, 2.75) is 17.6 Å². The lowest BCUT2D eigenvalue weighted by atomic mass is 10.2. The minimum atomic E-state index is 0.584. The lowest BCUT2D eigenvalue weighted by molar-refractivity contribution is 1.34. The summed E-state index contributed by atoms with van der Waals surface area (Å²) in [6, 6.07) is 11.8. The fraction of sp³-hybridized carbons (Fsp3) is 0.143. The summed E-state index contributed by atoms with van der Waals surface area (Å²) in [6.45, 7) is 2.01. The lowest BCUT2D eigenvalue weighted by Crippen LogP contribution is -1.92. The van der Waals surface area contributed by atoms with Gasteiger partial charge in [-0.05, 0) is 36.2 Å². The van der Waals surface area contributed by atoms with Gasteiger partial charge >= 0.3 is 0 Å². The van der Waals surface area contributed by atoms with Gasteiger partial charge in [-0.3, -0.25) is 0 Å². The molecule has 0 saturated heterocycles. The second-order valence-corrected chi connectivity index (χ2v) is 5.86. The Hall–Kier alpha value is -0.830. The summed E-state index contributed by atoms with van der Waals surface area (Å²) >= 11 is 13.6. The average Bonchev–Trinajstić information content (AvgIpc) is 2.35. The zero-order valence-corrected chi connectivity index (χ0v) is 12.2. The van der Waals surface area contributed by atoms with Crippen molar-refractivity contribution < 1.29 is 0 Å². The zero-order chi connectivity index (χ0) is 13.1. The van der Waals surface area contributed by atoms with Gasteiger partial charge in [0.05, 0.1) is 10.0 Å². The maximum atomic E-state index is 6.03. The number of rotatable bonds is 3. The van der Waals surface area contributed by atoms with E-state index in [1.54, 1.807) is 11.8 Å². The van der Waals surface area contributed by atoms with Gasteiger partial charge in [0.2, 0.25) is 0 Å². The van der Waals surface area contributed by atoms with Crippen LogP contribution >= 0.6 is 35.0 Å². The number of nitrogen functional groups attached to an aromatic ring is 1. The molecule has 2 aromatic rings. The van der Waals surface area contributed by atoms with E-state index < -0.39 is 0 Å². The number of thioether (sulfide) groups is 1. The van der Waals surface area contributed by atoms with Crippen LogP contribution in [0, 0.1) is 6.92 Å². The molecule has 0 spiro atoms. The maximum Gasteiger partial charge on any atom is 0.0595 e. The molecule has 2 rings (SSSR count). The van der Waals surface area contributed by atoms with Crippen LogP contribution in [0.1, 0.15) is 11.1 Å². The zero-order valence-electron chi connectivity index (χ0n) is 9.91. The fourth-order valence-electron chi connectivity index (χ4n) is 1.57. The topological polar surface area (TPSA) is 26.0 Å². The van der Waals surface area contributed by atoms with Crippen molar-refractivity contribution in [3.63, 3.8) is 0 Å². The molecule has 0 aromatic heterocycles. The van der Waals surface area contributed by atoms with Gasteiger partial charge in [-0.1, -0.05) is 41.4 Å². The maximum absolute atomic E-state index is 6.03. The summed E-state index contributed by atoms with van der Waals surface area (Å²) in [7, 11) is 0. The molecule has 0 unspecified atom stereocenters. The van der Waals surface area contributed by atoms with Crippen LogP contribution in [0.3, 0.4) is 0 Å². The summed E-state index contributed by atoms with van der Waals surface area (Å²) in [5.74, 6) is 0.824. The van der Waals surface area contributed by atoms with Gasteiger partial charge in [0.15, 0.2) is 0 Å². The van der Waals surface area contributed by atoms with Crippen LogP contribution in [0.25, 0.3) is 0 Å². The SMILES string of the molecule is Cc1cccc(SCc2ccc(Cl)c(Cl)c2)c1N. The molecule has 94 valence electrons. The van der Waals surface area contributed by atoms with Crippen LogP contribution in [-0.4, -0.2) is 0 Å². The Morgan fingerprint density at radius 3 is 2.61 bits per heavy atom. The number of nitrogens with two attached hydrogens (primary N) is 1. The third-order valence-corrected chi connectivity index (χ3v) is 4.55. The minimum Gasteiger partial charge on any atom is -0.398 e. The molecular formula is C14H13Cl2NS. The second-order valence-electron chi connectivity index (χ2n) is 4.02. The Morgan fingerprint density at radius 1 is 1.11 bits per heavy atom. The van der Waals surface area contributed by atoms with Crippen molar-refractivity contribution in [1.29, 1.82) is 0 Å².